The van der Waals surface area contributed by atoms with Crippen molar-refractivity contribution in [1.82, 2.24) is 4.90 Å². The van der Waals surface area contributed by atoms with Gasteiger partial charge in [0.25, 0.3) is 0 Å². The maximum atomic E-state index is 12.0. The van der Waals surface area contributed by atoms with E-state index in [0.717, 1.165) is 31.1 Å². The Balaban J connectivity index is 1.61. The highest BCUT2D eigenvalue weighted by atomic mass is 16.1. The summed E-state index contributed by atoms with van der Waals surface area (Å²) in [6.07, 6.45) is 10.0. The van der Waals surface area contributed by atoms with E-state index in [2.05, 4.69) is 4.90 Å². The largest absolute Gasteiger partial charge is 0.298 e. The van der Waals surface area contributed by atoms with Crippen molar-refractivity contribution in [2.75, 3.05) is 13.1 Å². The van der Waals surface area contributed by atoms with Crippen LogP contribution < -0.4 is 0 Å². The number of carbonyl (C=O) groups excluding carboxylic acids is 1. The summed E-state index contributed by atoms with van der Waals surface area (Å²) in [5, 5.41) is 0. The number of Topliss-reactive ketones (excluding diaryl/α,β-unsaturated/α-hetero) is 1. The highest BCUT2D eigenvalue weighted by Crippen LogP contribution is 2.35. The van der Waals surface area contributed by atoms with Crippen molar-refractivity contribution in [3.63, 3.8) is 0 Å². The zero-order chi connectivity index (χ0) is 11.0. The van der Waals surface area contributed by atoms with Gasteiger partial charge < -0.3 is 0 Å². The smallest absolute Gasteiger partial charge is 0.149 e. The van der Waals surface area contributed by atoms with Crippen LogP contribution in [0.25, 0.3) is 0 Å². The lowest BCUT2D eigenvalue weighted by Crippen LogP contribution is -2.45. The van der Waals surface area contributed by atoms with Gasteiger partial charge in [-0.2, -0.15) is 0 Å². The van der Waals surface area contributed by atoms with Crippen LogP contribution in [-0.2, 0) is 4.79 Å². The Hall–Kier alpha value is -0.370. The summed E-state index contributed by atoms with van der Waals surface area (Å²) in [6.45, 7) is 2.43. The van der Waals surface area contributed by atoms with Crippen molar-refractivity contribution in [2.24, 2.45) is 11.8 Å². The van der Waals surface area contributed by atoms with Gasteiger partial charge in [-0.05, 0) is 50.4 Å². The molecule has 0 aliphatic heterocycles. The Morgan fingerprint density at radius 3 is 2.06 bits per heavy atom. The summed E-state index contributed by atoms with van der Waals surface area (Å²) >= 11 is 0. The lowest BCUT2D eigenvalue weighted by Gasteiger charge is -2.33. The van der Waals surface area contributed by atoms with Crippen LogP contribution >= 0.6 is 0 Å². The van der Waals surface area contributed by atoms with Gasteiger partial charge in [-0.1, -0.05) is 6.42 Å². The lowest BCUT2D eigenvalue weighted by molar-refractivity contribution is -0.126. The van der Waals surface area contributed by atoms with Crippen LogP contribution in [0.4, 0.5) is 0 Å². The van der Waals surface area contributed by atoms with Crippen LogP contribution in [0.1, 0.15) is 51.4 Å². The fraction of sp³-hybridized carbons (Fsp3) is 0.929. The first-order chi connectivity index (χ1) is 7.83. The van der Waals surface area contributed by atoms with Crippen molar-refractivity contribution < 1.29 is 4.79 Å². The quantitative estimate of drug-likeness (QED) is 0.711. The van der Waals surface area contributed by atoms with E-state index in [1.54, 1.807) is 0 Å². The molecule has 0 aromatic rings. The third-order valence-electron chi connectivity index (χ3n) is 4.34. The molecular formula is C14H23NO. The molecule has 3 aliphatic carbocycles. The zero-order valence-corrected chi connectivity index (χ0v) is 10.2. The van der Waals surface area contributed by atoms with Gasteiger partial charge >= 0.3 is 0 Å². The molecule has 16 heavy (non-hydrogen) atoms. The summed E-state index contributed by atoms with van der Waals surface area (Å²) in [6, 6.07) is 0.301. The first-order valence-electron chi connectivity index (χ1n) is 7.09. The number of ketones is 1. The summed E-state index contributed by atoms with van der Waals surface area (Å²) in [7, 11) is 0. The molecule has 90 valence electrons. The van der Waals surface area contributed by atoms with Gasteiger partial charge in [-0.3, -0.25) is 9.69 Å². The van der Waals surface area contributed by atoms with E-state index in [1.165, 1.54) is 45.2 Å². The van der Waals surface area contributed by atoms with E-state index in [1.807, 2.05) is 0 Å². The second-order valence-electron chi connectivity index (χ2n) is 6.07. The van der Waals surface area contributed by atoms with Crippen LogP contribution in [0.3, 0.4) is 0 Å². The van der Waals surface area contributed by atoms with Crippen LogP contribution in [0.5, 0.6) is 0 Å². The molecule has 1 unspecified atom stereocenters. The number of rotatable bonds is 5. The predicted octanol–water partition coefficient (Wildman–Crippen LogP) is 2.62. The lowest BCUT2D eigenvalue weighted by atomic mass is 9.92. The van der Waals surface area contributed by atoms with E-state index in [0.29, 0.717) is 11.8 Å². The minimum atomic E-state index is 0.301. The second-order valence-corrected chi connectivity index (χ2v) is 6.07. The molecule has 0 spiro atoms. The van der Waals surface area contributed by atoms with Crippen LogP contribution in [-0.4, -0.2) is 29.8 Å². The zero-order valence-electron chi connectivity index (χ0n) is 10.2. The predicted molar refractivity (Wildman–Crippen MR) is 64.3 cm³/mol. The normalized spacial score (nSPS) is 31.1. The van der Waals surface area contributed by atoms with Crippen LogP contribution in [0, 0.1) is 11.8 Å². The average molecular weight is 221 g/mol. The van der Waals surface area contributed by atoms with Crippen molar-refractivity contribution in [2.45, 2.75) is 57.4 Å². The van der Waals surface area contributed by atoms with Crippen molar-refractivity contribution in [3.8, 4) is 0 Å². The highest BCUT2D eigenvalue weighted by molar-refractivity contribution is 5.84. The van der Waals surface area contributed by atoms with E-state index < -0.39 is 0 Å². The van der Waals surface area contributed by atoms with Crippen molar-refractivity contribution in [3.05, 3.63) is 0 Å². The van der Waals surface area contributed by atoms with Gasteiger partial charge in [0.05, 0.1) is 6.04 Å². The summed E-state index contributed by atoms with van der Waals surface area (Å²) in [5.41, 5.74) is 0. The van der Waals surface area contributed by atoms with Gasteiger partial charge in [-0.15, -0.1) is 0 Å². The molecule has 0 heterocycles. The molecule has 2 nitrogen and oxygen atoms in total. The number of nitrogens with zero attached hydrogens (tertiary/aromatic N) is 1. The van der Waals surface area contributed by atoms with Gasteiger partial charge in [0.15, 0.2) is 0 Å². The topological polar surface area (TPSA) is 20.3 Å². The van der Waals surface area contributed by atoms with Gasteiger partial charge in [-0.25, -0.2) is 0 Å². The standard InChI is InChI=1S/C14H23NO/c16-14-4-2-1-3-13(14)15(9-11-5-6-11)10-12-7-8-12/h11-13H,1-10H2. The van der Waals surface area contributed by atoms with Crippen molar-refractivity contribution >= 4 is 5.78 Å². The van der Waals surface area contributed by atoms with E-state index in [9.17, 15) is 4.79 Å². The molecule has 0 aromatic heterocycles. The van der Waals surface area contributed by atoms with E-state index in [4.69, 9.17) is 0 Å². The number of hydrogen-bond acceptors (Lipinski definition) is 2. The molecule has 0 amide bonds. The molecule has 0 radical (unpaired) electrons. The number of carbonyl (C=O) groups is 1. The minimum absolute atomic E-state index is 0.301. The minimum Gasteiger partial charge on any atom is -0.298 e. The molecule has 0 saturated heterocycles. The number of hydrogen-bond donors (Lipinski definition) is 0. The second kappa shape index (κ2) is 4.48. The van der Waals surface area contributed by atoms with Crippen molar-refractivity contribution in [1.29, 1.82) is 0 Å². The van der Waals surface area contributed by atoms with Crippen LogP contribution in [0.15, 0.2) is 0 Å². The molecular weight excluding hydrogens is 198 g/mol. The maximum absolute atomic E-state index is 12.0. The molecule has 2 heteroatoms. The molecule has 3 rings (SSSR count). The van der Waals surface area contributed by atoms with Gasteiger partial charge in [0.1, 0.15) is 5.78 Å². The Labute approximate surface area is 98.4 Å². The van der Waals surface area contributed by atoms with Gasteiger partial charge in [0.2, 0.25) is 0 Å². The third-order valence-corrected chi connectivity index (χ3v) is 4.34. The molecule has 0 aromatic carbocycles. The Morgan fingerprint density at radius 1 is 0.938 bits per heavy atom. The fourth-order valence-electron chi connectivity index (χ4n) is 2.94. The molecule has 1 atom stereocenters. The Morgan fingerprint density at radius 2 is 1.56 bits per heavy atom. The molecule has 3 fully saturated rings. The summed E-state index contributed by atoms with van der Waals surface area (Å²) in [4.78, 5) is 14.6. The highest BCUT2D eigenvalue weighted by Gasteiger charge is 2.35. The summed E-state index contributed by atoms with van der Waals surface area (Å²) < 4.78 is 0. The van der Waals surface area contributed by atoms with E-state index >= 15 is 0 Å². The fourth-order valence-corrected chi connectivity index (χ4v) is 2.94. The summed E-state index contributed by atoms with van der Waals surface area (Å²) in [5.74, 6) is 2.38. The Kier molecular flexibility index (Phi) is 3.01. The SMILES string of the molecule is O=C1CCCCC1N(CC1CC1)CC1CC1. The Bertz CT molecular complexity index is 254. The molecule has 0 bridgehead atoms. The average Bonchev–Trinajstić information content (AvgIpc) is 3.12. The molecule has 3 aliphatic rings. The third kappa shape index (κ3) is 2.65. The monoisotopic (exact) mass is 221 g/mol. The molecule has 0 N–H and O–H groups in total. The maximum Gasteiger partial charge on any atom is 0.149 e. The van der Waals surface area contributed by atoms with Crippen LogP contribution in [0.2, 0.25) is 0 Å². The molecule has 3 saturated carbocycles. The first-order valence-corrected chi connectivity index (χ1v) is 7.09. The first kappa shape index (κ1) is 10.8. The van der Waals surface area contributed by atoms with E-state index in [-0.39, 0.29) is 0 Å². The van der Waals surface area contributed by atoms with Gasteiger partial charge in [0, 0.05) is 19.5 Å².